The molecule has 0 unspecified atom stereocenters. The number of hydrogen-bond donors (Lipinski definition) is 1. The van der Waals surface area contributed by atoms with E-state index in [2.05, 4.69) is 5.32 Å². The molecule has 0 aliphatic rings. The Labute approximate surface area is 183 Å². The Morgan fingerprint density at radius 1 is 1.00 bits per heavy atom. The van der Waals surface area contributed by atoms with Crippen LogP contribution in [0.25, 0.3) is 6.08 Å². The zero-order chi connectivity index (χ0) is 23.0. The molecule has 2 aromatic rings. The van der Waals surface area contributed by atoms with Crippen molar-refractivity contribution in [2.75, 3.05) is 0 Å². The fourth-order valence-electron chi connectivity index (χ4n) is 2.96. The van der Waals surface area contributed by atoms with Gasteiger partial charge in [-0.05, 0) is 44.9 Å². The zero-order valence-corrected chi connectivity index (χ0v) is 18.7. The Kier molecular flexibility index (Phi) is 8.14. The highest BCUT2D eigenvalue weighted by molar-refractivity contribution is 5.98. The zero-order valence-electron chi connectivity index (χ0n) is 18.7. The summed E-state index contributed by atoms with van der Waals surface area (Å²) in [6.07, 6.45) is 0.496. The Hall–Kier alpha value is -3.41. The van der Waals surface area contributed by atoms with Crippen molar-refractivity contribution in [3.8, 4) is 0 Å². The third kappa shape index (κ3) is 7.41. The van der Waals surface area contributed by atoms with Crippen molar-refractivity contribution >= 4 is 23.9 Å². The molecular weight excluding hydrogens is 392 g/mol. The molecule has 0 radical (unpaired) electrons. The van der Waals surface area contributed by atoms with Crippen molar-refractivity contribution in [1.29, 1.82) is 0 Å². The van der Waals surface area contributed by atoms with Crippen LogP contribution >= 0.6 is 0 Å². The molecule has 2 aromatic carbocycles. The van der Waals surface area contributed by atoms with E-state index in [4.69, 9.17) is 4.74 Å². The van der Waals surface area contributed by atoms with Crippen molar-refractivity contribution in [2.45, 2.75) is 52.8 Å². The first-order valence-corrected chi connectivity index (χ1v) is 10.2. The van der Waals surface area contributed by atoms with Gasteiger partial charge >= 0.3 is 5.97 Å². The monoisotopic (exact) mass is 422 g/mol. The fourth-order valence-corrected chi connectivity index (χ4v) is 2.96. The maximum atomic E-state index is 13.2. The number of nitrogens with zero attached hydrogens (tertiary/aromatic N) is 1. The van der Waals surface area contributed by atoms with Crippen molar-refractivity contribution in [3.05, 3.63) is 77.5 Å². The number of esters is 1. The van der Waals surface area contributed by atoms with Crippen LogP contribution in [0, 0.1) is 0 Å². The highest BCUT2D eigenvalue weighted by Gasteiger charge is 2.32. The minimum absolute atomic E-state index is 0.0243. The van der Waals surface area contributed by atoms with E-state index in [1.54, 1.807) is 17.0 Å². The summed E-state index contributed by atoms with van der Waals surface area (Å²) in [5.41, 5.74) is 1.20. The van der Waals surface area contributed by atoms with Gasteiger partial charge in [0.15, 0.2) is 6.10 Å². The van der Waals surface area contributed by atoms with Gasteiger partial charge in [-0.25, -0.2) is 4.79 Å². The normalized spacial score (nSPS) is 12.6. The minimum atomic E-state index is -1.02. The predicted molar refractivity (Wildman–Crippen MR) is 121 cm³/mol. The largest absolute Gasteiger partial charge is 0.448 e. The first-order valence-electron chi connectivity index (χ1n) is 10.2. The molecular formula is C25H30N2O4. The minimum Gasteiger partial charge on any atom is -0.448 e. The predicted octanol–water partition coefficient (Wildman–Crippen LogP) is 3.92. The van der Waals surface area contributed by atoms with Crippen LogP contribution in [0.1, 0.15) is 45.7 Å². The van der Waals surface area contributed by atoms with E-state index in [1.807, 2.05) is 69.3 Å². The van der Waals surface area contributed by atoms with Crippen molar-refractivity contribution in [3.63, 3.8) is 0 Å². The van der Waals surface area contributed by atoms with Gasteiger partial charge in [-0.1, -0.05) is 60.7 Å². The molecule has 0 saturated heterocycles. The van der Waals surface area contributed by atoms with E-state index < -0.39 is 23.5 Å². The molecule has 0 bridgehead atoms. The van der Waals surface area contributed by atoms with Gasteiger partial charge in [-0.2, -0.15) is 0 Å². The van der Waals surface area contributed by atoms with Crippen LogP contribution < -0.4 is 5.32 Å². The van der Waals surface area contributed by atoms with E-state index in [1.165, 1.54) is 19.9 Å². The Balaban J connectivity index is 2.19. The SMILES string of the molecule is CC(=O)N/C(=C\c1ccccc1)C(=O)O[C@H](C)C(=O)N(Cc1ccccc1)C(C)(C)C. The molecule has 0 aliphatic carbocycles. The summed E-state index contributed by atoms with van der Waals surface area (Å²) in [6, 6.07) is 18.7. The molecule has 2 amide bonds. The summed E-state index contributed by atoms with van der Waals surface area (Å²) in [5.74, 6) is -1.49. The second-order valence-electron chi connectivity index (χ2n) is 8.28. The average Bonchev–Trinajstić information content (AvgIpc) is 2.71. The Morgan fingerprint density at radius 2 is 1.55 bits per heavy atom. The third-order valence-corrected chi connectivity index (χ3v) is 4.53. The number of nitrogens with one attached hydrogen (secondary N) is 1. The molecule has 0 aliphatic heterocycles. The molecule has 2 rings (SSSR count). The van der Waals surface area contributed by atoms with E-state index in [0.717, 1.165) is 11.1 Å². The van der Waals surface area contributed by atoms with Crippen LogP contribution in [0.5, 0.6) is 0 Å². The number of ether oxygens (including phenoxy) is 1. The molecule has 0 fully saturated rings. The van der Waals surface area contributed by atoms with E-state index in [9.17, 15) is 14.4 Å². The van der Waals surface area contributed by atoms with Crippen molar-refractivity contribution in [2.24, 2.45) is 0 Å². The Bertz CT molecular complexity index is 931. The molecule has 0 aromatic heterocycles. The van der Waals surface area contributed by atoms with Gasteiger partial charge in [-0.3, -0.25) is 9.59 Å². The van der Waals surface area contributed by atoms with Gasteiger partial charge < -0.3 is 15.0 Å². The lowest BCUT2D eigenvalue weighted by Crippen LogP contribution is -2.49. The number of hydrogen-bond acceptors (Lipinski definition) is 4. The van der Waals surface area contributed by atoms with Crippen LogP contribution in [0.4, 0.5) is 0 Å². The van der Waals surface area contributed by atoms with Crippen LogP contribution in [-0.2, 0) is 25.7 Å². The van der Waals surface area contributed by atoms with Gasteiger partial charge in [0.25, 0.3) is 5.91 Å². The summed E-state index contributed by atoms with van der Waals surface area (Å²) in [5, 5.41) is 2.49. The highest BCUT2D eigenvalue weighted by Crippen LogP contribution is 2.20. The number of carbonyl (C=O) groups is 3. The maximum Gasteiger partial charge on any atom is 0.355 e. The summed E-state index contributed by atoms with van der Waals surface area (Å²) in [4.78, 5) is 39.2. The molecule has 6 nitrogen and oxygen atoms in total. The molecule has 1 N–H and O–H groups in total. The lowest BCUT2D eigenvalue weighted by Gasteiger charge is -2.37. The summed E-state index contributed by atoms with van der Waals surface area (Å²) < 4.78 is 5.45. The lowest BCUT2D eigenvalue weighted by atomic mass is 10.0. The van der Waals surface area contributed by atoms with Gasteiger partial charge in [0.2, 0.25) is 5.91 Å². The highest BCUT2D eigenvalue weighted by atomic mass is 16.5. The molecule has 0 spiro atoms. The fraction of sp³-hybridized carbons (Fsp3) is 0.320. The number of carbonyl (C=O) groups excluding carboxylic acids is 3. The summed E-state index contributed by atoms with van der Waals surface area (Å²) in [6.45, 7) is 9.03. The third-order valence-electron chi connectivity index (χ3n) is 4.53. The average molecular weight is 423 g/mol. The summed E-state index contributed by atoms with van der Waals surface area (Å²) in [7, 11) is 0. The van der Waals surface area contributed by atoms with E-state index >= 15 is 0 Å². The topological polar surface area (TPSA) is 75.7 Å². The second-order valence-corrected chi connectivity index (χ2v) is 8.28. The van der Waals surface area contributed by atoms with Crippen molar-refractivity contribution in [1.82, 2.24) is 10.2 Å². The Morgan fingerprint density at radius 3 is 2.06 bits per heavy atom. The standard InChI is InChI=1S/C25H30N2O4/c1-18(23(29)27(25(3,4)5)17-21-14-10-7-11-15-21)31-24(30)22(26-19(2)28)16-20-12-8-6-9-13-20/h6-16,18H,17H2,1-5H3,(H,26,28)/b22-16-/t18-/m1/s1. The van der Waals surface area contributed by atoms with Crippen LogP contribution in [0.15, 0.2) is 66.4 Å². The summed E-state index contributed by atoms with van der Waals surface area (Å²) >= 11 is 0. The van der Waals surface area contributed by atoms with Gasteiger partial charge in [0.05, 0.1) is 0 Å². The first-order chi connectivity index (χ1) is 14.6. The van der Waals surface area contributed by atoms with Crippen LogP contribution in [0.2, 0.25) is 0 Å². The van der Waals surface area contributed by atoms with Crippen LogP contribution in [0.3, 0.4) is 0 Å². The first kappa shape index (κ1) is 23.9. The van der Waals surface area contributed by atoms with Gasteiger partial charge in [0.1, 0.15) is 5.70 Å². The number of rotatable bonds is 7. The van der Waals surface area contributed by atoms with Crippen molar-refractivity contribution < 1.29 is 19.1 Å². The molecule has 6 heteroatoms. The number of benzene rings is 2. The van der Waals surface area contributed by atoms with E-state index in [0.29, 0.717) is 6.54 Å². The smallest absolute Gasteiger partial charge is 0.355 e. The second kappa shape index (κ2) is 10.6. The molecule has 1 atom stereocenters. The number of amides is 2. The molecule has 31 heavy (non-hydrogen) atoms. The lowest BCUT2D eigenvalue weighted by molar-refractivity contribution is -0.159. The quantitative estimate of drug-likeness (QED) is 0.542. The van der Waals surface area contributed by atoms with Gasteiger partial charge in [-0.15, -0.1) is 0 Å². The van der Waals surface area contributed by atoms with Gasteiger partial charge in [0, 0.05) is 19.0 Å². The van der Waals surface area contributed by atoms with Crippen LogP contribution in [-0.4, -0.2) is 34.3 Å². The maximum absolute atomic E-state index is 13.2. The molecule has 164 valence electrons. The molecule has 0 heterocycles. The van der Waals surface area contributed by atoms with E-state index in [-0.39, 0.29) is 11.6 Å². The molecule has 0 saturated carbocycles.